The van der Waals surface area contributed by atoms with Gasteiger partial charge in [0.15, 0.2) is 11.3 Å². The zero-order chi connectivity index (χ0) is 14.3. The van der Waals surface area contributed by atoms with Crippen molar-refractivity contribution in [2.75, 3.05) is 13.1 Å². The first-order valence-electron chi connectivity index (χ1n) is 6.98. The summed E-state index contributed by atoms with van der Waals surface area (Å²) in [6.07, 6.45) is 0. The summed E-state index contributed by atoms with van der Waals surface area (Å²) in [6, 6.07) is 5.93. The second-order valence-corrected chi connectivity index (χ2v) is 5.43. The quantitative estimate of drug-likeness (QED) is 0.863. The number of amides is 1. The normalized spacial score (nSPS) is 23.2. The monoisotopic (exact) mass is 273 g/mol. The lowest BCUT2D eigenvalue weighted by molar-refractivity contribution is 0.0573. The minimum Gasteiger partial charge on any atom is -0.449 e. The van der Waals surface area contributed by atoms with Crippen LogP contribution in [0, 0.1) is 6.92 Å². The summed E-state index contributed by atoms with van der Waals surface area (Å²) in [5.41, 5.74) is 2.32. The summed E-state index contributed by atoms with van der Waals surface area (Å²) in [7, 11) is 0. The number of hydrogen-bond donors (Lipinski definition) is 1. The van der Waals surface area contributed by atoms with E-state index in [-0.39, 0.29) is 18.0 Å². The molecule has 1 fully saturated rings. The number of nitrogens with zero attached hydrogens (tertiary/aromatic N) is 2. The average Bonchev–Trinajstić information content (AvgIpc) is 2.84. The summed E-state index contributed by atoms with van der Waals surface area (Å²) in [5, 5.41) is 3.37. The molecular formula is C15H19N3O2. The van der Waals surface area contributed by atoms with Crippen molar-refractivity contribution in [3.8, 4) is 0 Å². The molecule has 5 heteroatoms. The fourth-order valence-corrected chi connectivity index (χ4v) is 2.62. The Morgan fingerprint density at radius 2 is 2.25 bits per heavy atom. The van der Waals surface area contributed by atoms with Crippen molar-refractivity contribution in [3.63, 3.8) is 0 Å². The molecule has 1 saturated heterocycles. The summed E-state index contributed by atoms with van der Waals surface area (Å²) in [4.78, 5) is 18.8. The Bertz CT molecular complexity index is 650. The predicted molar refractivity (Wildman–Crippen MR) is 76.7 cm³/mol. The van der Waals surface area contributed by atoms with Crippen molar-refractivity contribution in [1.29, 1.82) is 0 Å². The van der Waals surface area contributed by atoms with Gasteiger partial charge in [-0.2, -0.15) is 0 Å². The van der Waals surface area contributed by atoms with E-state index in [4.69, 9.17) is 4.42 Å². The number of furan rings is 1. The highest BCUT2D eigenvalue weighted by Crippen LogP contribution is 2.21. The summed E-state index contributed by atoms with van der Waals surface area (Å²) in [5.74, 6) is 0.320. The van der Waals surface area contributed by atoms with Gasteiger partial charge in [0.25, 0.3) is 5.91 Å². The van der Waals surface area contributed by atoms with Gasteiger partial charge in [0, 0.05) is 36.9 Å². The SMILES string of the molecule is Cc1ccc2oc(C(=O)N3CCNC(C)C3C)cc2n1. The molecule has 2 aromatic heterocycles. The van der Waals surface area contributed by atoms with Crippen LogP contribution in [-0.2, 0) is 0 Å². The second kappa shape index (κ2) is 4.90. The molecule has 0 bridgehead atoms. The van der Waals surface area contributed by atoms with Gasteiger partial charge in [0.1, 0.15) is 5.52 Å². The number of carbonyl (C=O) groups is 1. The first-order valence-corrected chi connectivity index (χ1v) is 6.98. The van der Waals surface area contributed by atoms with Crippen LogP contribution in [0.25, 0.3) is 11.1 Å². The molecule has 1 N–H and O–H groups in total. The minimum absolute atomic E-state index is 0.0542. The lowest BCUT2D eigenvalue weighted by atomic mass is 10.1. The van der Waals surface area contributed by atoms with Crippen LogP contribution < -0.4 is 5.32 Å². The molecule has 0 radical (unpaired) electrons. The third-order valence-corrected chi connectivity index (χ3v) is 4.02. The molecule has 106 valence electrons. The van der Waals surface area contributed by atoms with E-state index in [2.05, 4.69) is 24.1 Å². The zero-order valence-electron chi connectivity index (χ0n) is 12.0. The summed E-state index contributed by atoms with van der Waals surface area (Å²) in [6.45, 7) is 7.59. The van der Waals surface area contributed by atoms with E-state index in [9.17, 15) is 4.79 Å². The van der Waals surface area contributed by atoms with Crippen molar-refractivity contribution in [2.24, 2.45) is 0 Å². The molecule has 0 spiro atoms. The van der Waals surface area contributed by atoms with E-state index in [0.717, 1.165) is 17.8 Å². The molecule has 20 heavy (non-hydrogen) atoms. The van der Waals surface area contributed by atoms with Crippen LogP contribution >= 0.6 is 0 Å². The first kappa shape index (κ1) is 13.1. The fourth-order valence-electron chi connectivity index (χ4n) is 2.62. The molecular weight excluding hydrogens is 254 g/mol. The zero-order valence-corrected chi connectivity index (χ0v) is 12.0. The highest BCUT2D eigenvalue weighted by atomic mass is 16.3. The van der Waals surface area contributed by atoms with Crippen LogP contribution in [0.3, 0.4) is 0 Å². The molecule has 2 atom stereocenters. The van der Waals surface area contributed by atoms with Gasteiger partial charge in [-0.15, -0.1) is 0 Å². The van der Waals surface area contributed by atoms with Crippen molar-refractivity contribution in [3.05, 3.63) is 29.7 Å². The van der Waals surface area contributed by atoms with E-state index in [1.807, 2.05) is 24.0 Å². The van der Waals surface area contributed by atoms with E-state index >= 15 is 0 Å². The van der Waals surface area contributed by atoms with Crippen LogP contribution in [0.5, 0.6) is 0 Å². The van der Waals surface area contributed by atoms with Crippen LogP contribution in [0.1, 0.15) is 30.1 Å². The number of fused-ring (bicyclic) bond motifs is 1. The van der Waals surface area contributed by atoms with Gasteiger partial charge < -0.3 is 14.6 Å². The van der Waals surface area contributed by atoms with Gasteiger partial charge in [-0.25, -0.2) is 4.98 Å². The number of rotatable bonds is 1. The van der Waals surface area contributed by atoms with E-state index in [1.165, 1.54) is 0 Å². The smallest absolute Gasteiger partial charge is 0.290 e. The second-order valence-electron chi connectivity index (χ2n) is 5.43. The van der Waals surface area contributed by atoms with Crippen LogP contribution in [-0.4, -0.2) is 41.0 Å². The molecule has 3 rings (SSSR count). The Kier molecular flexibility index (Phi) is 3.22. The Hall–Kier alpha value is -1.88. The van der Waals surface area contributed by atoms with Crippen molar-refractivity contribution in [1.82, 2.24) is 15.2 Å². The molecule has 1 aliphatic rings. The Labute approximate surface area is 118 Å². The molecule has 0 aliphatic carbocycles. The molecule has 2 aromatic rings. The number of piperazine rings is 1. The predicted octanol–water partition coefficient (Wildman–Crippen LogP) is 1.96. The lowest BCUT2D eigenvalue weighted by Gasteiger charge is -2.38. The van der Waals surface area contributed by atoms with Gasteiger partial charge in [-0.1, -0.05) is 0 Å². The van der Waals surface area contributed by atoms with Gasteiger partial charge in [-0.05, 0) is 32.9 Å². The molecule has 2 unspecified atom stereocenters. The molecule has 3 heterocycles. The molecule has 1 aliphatic heterocycles. The highest BCUT2D eigenvalue weighted by Gasteiger charge is 2.30. The Balaban J connectivity index is 1.92. The summed E-state index contributed by atoms with van der Waals surface area (Å²) >= 11 is 0. The number of pyridine rings is 1. The third kappa shape index (κ3) is 2.18. The van der Waals surface area contributed by atoms with Crippen LogP contribution in [0.4, 0.5) is 0 Å². The molecule has 0 saturated carbocycles. The topological polar surface area (TPSA) is 58.4 Å². The van der Waals surface area contributed by atoms with Gasteiger partial charge in [0.2, 0.25) is 0 Å². The summed E-state index contributed by atoms with van der Waals surface area (Å²) < 4.78 is 5.65. The Morgan fingerprint density at radius 3 is 3.05 bits per heavy atom. The molecule has 0 aromatic carbocycles. The first-order chi connectivity index (χ1) is 9.56. The number of aromatic nitrogens is 1. The van der Waals surface area contributed by atoms with E-state index < -0.39 is 0 Å². The standard InChI is InChI=1S/C15H19N3O2/c1-9-4-5-13-12(17-9)8-14(20-13)15(19)18-7-6-16-10(2)11(18)3/h4-5,8,10-11,16H,6-7H2,1-3H3. The highest BCUT2D eigenvalue weighted by molar-refractivity contribution is 5.95. The van der Waals surface area contributed by atoms with E-state index in [0.29, 0.717) is 17.9 Å². The van der Waals surface area contributed by atoms with Gasteiger partial charge in [-0.3, -0.25) is 4.79 Å². The van der Waals surface area contributed by atoms with Gasteiger partial charge in [0.05, 0.1) is 0 Å². The average molecular weight is 273 g/mol. The van der Waals surface area contributed by atoms with Crippen molar-refractivity contribution in [2.45, 2.75) is 32.9 Å². The van der Waals surface area contributed by atoms with Crippen molar-refractivity contribution < 1.29 is 9.21 Å². The minimum atomic E-state index is -0.0542. The fraction of sp³-hybridized carbons (Fsp3) is 0.467. The van der Waals surface area contributed by atoms with Gasteiger partial charge >= 0.3 is 0 Å². The maximum Gasteiger partial charge on any atom is 0.290 e. The Morgan fingerprint density at radius 1 is 1.45 bits per heavy atom. The number of nitrogens with one attached hydrogen (secondary N) is 1. The maximum atomic E-state index is 12.6. The van der Waals surface area contributed by atoms with Crippen LogP contribution in [0.2, 0.25) is 0 Å². The number of hydrogen-bond acceptors (Lipinski definition) is 4. The number of aryl methyl sites for hydroxylation is 1. The maximum absolute atomic E-state index is 12.6. The third-order valence-electron chi connectivity index (χ3n) is 4.02. The molecule has 5 nitrogen and oxygen atoms in total. The van der Waals surface area contributed by atoms with Crippen LogP contribution in [0.15, 0.2) is 22.6 Å². The lowest BCUT2D eigenvalue weighted by Crippen LogP contribution is -2.57. The number of carbonyl (C=O) groups excluding carboxylic acids is 1. The van der Waals surface area contributed by atoms with E-state index in [1.54, 1.807) is 6.07 Å². The van der Waals surface area contributed by atoms with Crippen molar-refractivity contribution >= 4 is 17.0 Å². The largest absolute Gasteiger partial charge is 0.449 e. The molecule has 1 amide bonds.